The molecule has 0 bridgehead atoms. The Hall–Kier alpha value is -2.64. The summed E-state index contributed by atoms with van der Waals surface area (Å²) in [6, 6.07) is 15.8. The van der Waals surface area contributed by atoms with E-state index in [-0.39, 0.29) is 10.8 Å². The van der Waals surface area contributed by atoms with E-state index in [4.69, 9.17) is 4.74 Å². The van der Waals surface area contributed by atoms with Crippen molar-refractivity contribution in [3.8, 4) is 16.2 Å². The standard InChI is InChI=1S/C19H15NO4S2/c1-26(22,23)14-6-4-5-13(10-14)20-19(21)17-9-12-11-24-16-8-3-2-7-15(16)18(12)25-17/h2-10H,11H2,1H3,(H,20,21). The van der Waals surface area contributed by atoms with Crippen LogP contribution in [0.5, 0.6) is 5.75 Å². The molecule has 5 nitrogen and oxygen atoms in total. The second kappa shape index (κ2) is 6.26. The molecule has 0 unspecified atom stereocenters. The summed E-state index contributed by atoms with van der Waals surface area (Å²) in [5.41, 5.74) is 2.40. The van der Waals surface area contributed by atoms with Crippen LogP contribution in [-0.2, 0) is 16.4 Å². The Morgan fingerprint density at radius 2 is 1.92 bits per heavy atom. The summed E-state index contributed by atoms with van der Waals surface area (Å²) in [6.45, 7) is 0.430. The fourth-order valence-electron chi connectivity index (χ4n) is 2.81. The molecule has 1 N–H and O–H groups in total. The normalized spacial score (nSPS) is 12.7. The smallest absolute Gasteiger partial charge is 0.265 e. The van der Waals surface area contributed by atoms with E-state index in [1.807, 2.05) is 30.3 Å². The topological polar surface area (TPSA) is 72.5 Å². The first-order chi connectivity index (χ1) is 12.4. The molecule has 2 aromatic carbocycles. The number of nitrogens with one attached hydrogen (secondary N) is 1. The van der Waals surface area contributed by atoms with Gasteiger partial charge >= 0.3 is 0 Å². The van der Waals surface area contributed by atoms with Gasteiger partial charge in [0.25, 0.3) is 5.91 Å². The summed E-state index contributed by atoms with van der Waals surface area (Å²) in [7, 11) is -3.33. The maximum atomic E-state index is 12.6. The Bertz CT molecular complexity index is 1120. The highest BCUT2D eigenvalue weighted by atomic mass is 32.2. The molecule has 0 radical (unpaired) electrons. The molecule has 0 spiro atoms. The number of carbonyl (C=O) groups is 1. The van der Waals surface area contributed by atoms with Crippen molar-refractivity contribution >= 4 is 32.8 Å². The number of amides is 1. The van der Waals surface area contributed by atoms with Crippen molar-refractivity contribution in [2.75, 3.05) is 11.6 Å². The van der Waals surface area contributed by atoms with Crippen LogP contribution in [0.3, 0.4) is 0 Å². The van der Waals surface area contributed by atoms with E-state index >= 15 is 0 Å². The first kappa shape index (κ1) is 16.8. The number of carbonyl (C=O) groups excluding carboxylic acids is 1. The van der Waals surface area contributed by atoms with Gasteiger partial charge in [0.2, 0.25) is 0 Å². The number of thiophene rings is 1. The minimum Gasteiger partial charge on any atom is -0.488 e. The molecule has 0 saturated heterocycles. The molecule has 0 aliphatic carbocycles. The summed E-state index contributed by atoms with van der Waals surface area (Å²) in [6.07, 6.45) is 1.14. The number of benzene rings is 2. The van der Waals surface area contributed by atoms with Gasteiger partial charge < -0.3 is 10.1 Å². The summed E-state index contributed by atoms with van der Waals surface area (Å²) in [4.78, 5) is 14.4. The highest BCUT2D eigenvalue weighted by Gasteiger charge is 2.22. The third-order valence-corrected chi connectivity index (χ3v) is 6.39. The van der Waals surface area contributed by atoms with Gasteiger partial charge in [0.05, 0.1) is 9.77 Å². The zero-order chi connectivity index (χ0) is 18.3. The van der Waals surface area contributed by atoms with Crippen LogP contribution in [0, 0.1) is 0 Å². The Kier molecular flexibility index (Phi) is 4.05. The van der Waals surface area contributed by atoms with Crippen molar-refractivity contribution in [3.63, 3.8) is 0 Å². The molecule has 1 aromatic heterocycles. The molecule has 1 aliphatic rings. The van der Waals surface area contributed by atoms with E-state index in [2.05, 4.69) is 5.32 Å². The molecule has 7 heteroatoms. The molecule has 1 amide bonds. The van der Waals surface area contributed by atoms with Crippen LogP contribution in [0.1, 0.15) is 15.2 Å². The lowest BCUT2D eigenvalue weighted by Crippen LogP contribution is -2.10. The van der Waals surface area contributed by atoms with Gasteiger partial charge in [-0.15, -0.1) is 11.3 Å². The minimum atomic E-state index is -3.33. The van der Waals surface area contributed by atoms with Crippen LogP contribution in [0.15, 0.2) is 59.5 Å². The van der Waals surface area contributed by atoms with E-state index in [0.717, 1.165) is 28.0 Å². The van der Waals surface area contributed by atoms with Gasteiger partial charge in [0.1, 0.15) is 12.4 Å². The highest BCUT2D eigenvalue weighted by molar-refractivity contribution is 7.90. The quantitative estimate of drug-likeness (QED) is 0.741. The number of sulfone groups is 1. The predicted octanol–water partition coefficient (Wildman–Crippen LogP) is 3.96. The molecule has 3 aromatic rings. The number of hydrogen-bond donors (Lipinski definition) is 1. The largest absolute Gasteiger partial charge is 0.488 e. The lowest BCUT2D eigenvalue weighted by molar-refractivity contribution is 0.103. The fourth-order valence-corrected chi connectivity index (χ4v) is 4.57. The second-order valence-electron chi connectivity index (χ2n) is 6.00. The van der Waals surface area contributed by atoms with Gasteiger partial charge in [0.15, 0.2) is 9.84 Å². The Balaban J connectivity index is 1.62. The third-order valence-electron chi connectivity index (χ3n) is 4.07. The molecule has 1 aliphatic heterocycles. The Labute approximate surface area is 155 Å². The number of fused-ring (bicyclic) bond motifs is 3. The molecular formula is C19H15NO4S2. The monoisotopic (exact) mass is 385 g/mol. The van der Waals surface area contributed by atoms with Crippen molar-refractivity contribution in [2.45, 2.75) is 11.5 Å². The van der Waals surface area contributed by atoms with Crippen molar-refractivity contribution in [1.29, 1.82) is 0 Å². The average molecular weight is 385 g/mol. The molecule has 0 atom stereocenters. The van der Waals surface area contributed by atoms with E-state index in [1.165, 1.54) is 23.5 Å². The van der Waals surface area contributed by atoms with Gasteiger partial charge in [-0.2, -0.15) is 0 Å². The maximum Gasteiger partial charge on any atom is 0.265 e. The van der Waals surface area contributed by atoms with Crippen molar-refractivity contribution in [1.82, 2.24) is 0 Å². The van der Waals surface area contributed by atoms with Gasteiger partial charge in [-0.1, -0.05) is 18.2 Å². The zero-order valence-electron chi connectivity index (χ0n) is 13.9. The van der Waals surface area contributed by atoms with Crippen LogP contribution >= 0.6 is 11.3 Å². The number of ether oxygens (including phenoxy) is 1. The van der Waals surface area contributed by atoms with Crippen molar-refractivity contribution < 1.29 is 17.9 Å². The van der Waals surface area contributed by atoms with Gasteiger partial charge in [-0.3, -0.25) is 4.79 Å². The SMILES string of the molecule is CS(=O)(=O)c1cccc(NC(=O)c2cc3c(s2)-c2ccccc2OC3)c1. The molecule has 26 heavy (non-hydrogen) atoms. The van der Waals surface area contributed by atoms with Crippen molar-refractivity contribution in [3.05, 3.63) is 65.0 Å². The van der Waals surface area contributed by atoms with Crippen LogP contribution in [-0.4, -0.2) is 20.6 Å². The van der Waals surface area contributed by atoms with Crippen LogP contribution < -0.4 is 10.1 Å². The Morgan fingerprint density at radius 3 is 2.73 bits per heavy atom. The number of hydrogen-bond acceptors (Lipinski definition) is 5. The van der Waals surface area contributed by atoms with E-state index < -0.39 is 9.84 Å². The van der Waals surface area contributed by atoms with E-state index in [1.54, 1.807) is 12.1 Å². The third kappa shape index (κ3) is 3.11. The number of anilines is 1. The molecule has 0 fully saturated rings. The summed E-state index contributed by atoms with van der Waals surface area (Å²) in [5.74, 6) is 0.544. The lowest BCUT2D eigenvalue weighted by Gasteiger charge is -2.16. The molecule has 132 valence electrons. The zero-order valence-corrected chi connectivity index (χ0v) is 15.5. The fraction of sp³-hybridized carbons (Fsp3) is 0.105. The summed E-state index contributed by atoms with van der Waals surface area (Å²) in [5, 5.41) is 2.77. The lowest BCUT2D eigenvalue weighted by atomic mass is 10.1. The minimum absolute atomic E-state index is 0.170. The molecule has 0 saturated carbocycles. The van der Waals surface area contributed by atoms with Crippen LogP contribution in [0.2, 0.25) is 0 Å². The van der Waals surface area contributed by atoms with Crippen molar-refractivity contribution in [2.24, 2.45) is 0 Å². The van der Waals surface area contributed by atoms with Gasteiger partial charge in [-0.25, -0.2) is 8.42 Å². The number of rotatable bonds is 3. The highest BCUT2D eigenvalue weighted by Crippen LogP contribution is 2.42. The first-order valence-electron chi connectivity index (χ1n) is 7.88. The summed E-state index contributed by atoms with van der Waals surface area (Å²) >= 11 is 1.40. The van der Waals surface area contributed by atoms with Gasteiger partial charge in [0, 0.05) is 27.9 Å². The molecule has 2 heterocycles. The van der Waals surface area contributed by atoms with Crippen LogP contribution in [0.25, 0.3) is 10.4 Å². The Morgan fingerprint density at radius 1 is 1.12 bits per heavy atom. The van der Waals surface area contributed by atoms with E-state index in [9.17, 15) is 13.2 Å². The average Bonchev–Trinajstić information content (AvgIpc) is 3.06. The maximum absolute atomic E-state index is 12.6. The predicted molar refractivity (Wildman–Crippen MR) is 102 cm³/mol. The molecular weight excluding hydrogens is 370 g/mol. The van der Waals surface area contributed by atoms with E-state index in [0.29, 0.717) is 17.2 Å². The second-order valence-corrected chi connectivity index (χ2v) is 9.07. The summed E-state index contributed by atoms with van der Waals surface area (Å²) < 4.78 is 29.1. The molecule has 4 rings (SSSR count). The van der Waals surface area contributed by atoms with Crippen LogP contribution in [0.4, 0.5) is 5.69 Å². The van der Waals surface area contributed by atoms with Gasteiger partial charge in [-0.05, 0) is 36.4 Å². The first-order valence-corrected chi connectivity index (χ1v) is 10.6. The number of para-hydroxylation sites is 1.